The molecule has 4 heteroatoms. The Bertz CT molecular complexity index is 467. The number of piperidine rings is 1. The number of carbonyl (C=O) groups excluding carboxylic acids is 1. The van der Waals surface area contributed by atoms with Gasteiger partial charge in [-0.15, -0.1) is 0 Å². The molecule has 0 aliphatic carbocycles. The average molecular weight is 289 g/mol. The number of anilines is 1. The zero-order valence-corrected chi connectivity index (χ0v) is 13.2. The Labute approximate surface area is 127 Å². The smallest absolute Gasteiger partial charge is 0.222 e. The van der Waals surface area contributed by atoms with E-state index < -0.39 is 0 Å². The van der Waals surface area contributed by atoms with E-state index in [0.29, 0.717) is 12.5 Å². The number of aryl methyl sites for hydroxylation is 1. The number of benzene rings is 1. The van der Waals surface area contributed by atoms with Crippen LogP contribution in [0.4, 0.5) is 5.69 Å². The van der Waals surface area contributed by atoms with Gasteiger partial charge in [0.2, 0.25) is 5.91 Å². The van der Waals surface area contributed by atoms with Gasteiger partial charge in [-0.25, -0.2) is 0 Å². The minimum atomic E-state index is 0.230. The van der Waals surface area contributed by atoms with Crippen LogP contribution in [0.2, 0.25) is 0 Å². The van der Waals surface area contributed by atoms with E-state index in [4.69, 9.17) is 5.73 Å². The van der Waals surface area contributed by atoms with Gasteiger partial charge in [-0.1, -0.05) is 25.1 Å². The van der Waals surface area contributed by atoms with Gasteiger partial charge in [-0.2, -0.15) is 0 Å². The van der Waals surface area contributed by atoms with Gasteiger partial charge in [0.05, 0.1) is 0 Å². The summed E-state index contributed by atoms with van der Waals surface area (Å²) in [5.74, 6) is 0.230. The molecule has 1 aromatic rings. The van der Waals surface area contributed by atoms with Crippen LogP contribution in [0.3, 0.4) is 0 Å². The molecule has 0 atom stereocenters. The minimum absolute atomic E-state index is 0.230. The van der Waals surface area contributed by atoms with Crippen LogP contribution < -0.4 is 5.73 Å². The van der Waals surface area contributed by atoms with Gasteiger partial charge in [0.15, 0.2) is 0 Å². The molecule has 0 unspecified atom stereocenters. The van der Waals surface area contributed by atoms with Crippen molar-refractivity contribution in [3.63, 3.8) is 0 Å². The van der Waals surface area contributed by atoms with Gasteiger partial charge in [0.25, 0.3) is 0 Å². The monoisotopic (exact) mass is 289 g/mol. The summed E-state index contributed by atoms with van der Waals surface area (Å²) >= 11 is 0. The molecule has 0 spiro atoms. The number of hydrogen-bond donors (Lipinski definition) is 1. The lowest BCUT2D eigenvalue weighted by Gasteiger charge is -2.36. The maximum absolute atomic E-state index is 12.3. The maximum atomic E-state index is 12.3. The highest BCUT2D eigenvalue weighted by Crippen LogP contribution is 2.18. The van der Waals surface area contributed by atoms with E-state index in [0.717, 1.165) is 50.1 Å². The summed E-state index contributed by atoms with van der Waals surface area (Å²) < 4.78 is 0. The van der Waals surface area contributed by atoms with Gasteiger partial charge in [-0.3, -0.25) is 4.79 Å². The number of carbonyl (C=O) groups is 1. The zero-order chi connectivity index (χ0) is 15.2. The van der Waals surface area contributed by atoms with E-state index >= 15 is 0 Å². The molecule has 2 rings (SSSR count). The second-order valence-electron chi connectivity index (χ2n) is 5.87. The van der Waals surface area contributed by atoms with E-state index in [1.165, 1.54) is 0 Å². The van der Waals surface area contributed by atoms with E-state index in [2.05, 4.69) is 11.8 Å². The lowest BCUT2D eigenvalue weighted by Crippen LogP contribution is -2.45. The lowest BCUT2D eigenvalue weighted by atomic mass is 10.0. The van der Waals surface area contributed by atoms with Crippen molar-refractivity contribution in [1.29, 1.82) is 0 Å². The van der Waals surface area contributed by atoms with Gasteiger partial charge >= 0.3 is 0 Å². The molecule has 116 valence electrons. The van der Waals surface area contributed by atoms with Crippen LogP contribution in [0, 0.1) is 0 Å². The normalized spacial score (nSPS) is 16.9. The molecule has 1 aliphatic heterocycles. The third-order valence-electron chi connectivity index (χ3n) is 4.61. The first-order chi connectivity index (χ1) is 10.1. The summed E-state index contributed by atoms with van der Waals surface area (Å²) in [6.45, 7) is 5.51. The zero-order valence-electron chi connectivity index (χ0n) is 13.2. The number of nitrogens with zero attached hydrogens (tertiary/aromatic N) is 2. The van der Waals surface area contributed by atoms with Crippen LogP contribution in [-0.2, 0) is 11.2 Å². The highest BCUT2D eigenvalue weighted by Gasteiger charge is 2.24. The Morgan fingerprint density at radius 1 is 1.33 bits per heavy atom. The molecule has 1 heterocycles. The van der Waals surface area contributed by atoms with Crippen molar-refractivity contribution in [1.82, 2.24) is 9.80 Å². The predicted octanol–water partition coefficient (Wildman–Crippen LogP) is 2.14. The minimum Gasteiger partial charge on any atom is -0.399 e. The number of rotatable bonds is 5. The molecule has 0 radical (unpaired) electrons. The van der Waals surface area contributed by atoms with Crippen molar-refractivity contribution in [3.8, 4) is 0 Å². The van der Waals surface area contributed by atoms with E-state index in [-0.39, 0.29) is 5.91 Å². The van der Waals surface area contributed by atoms with Gasteiger partial charge < -0.3 is 15.5 Å². The summed E-state index contributed by atoms with van der Waals surface area (Å²) in [7, 11) is 1.95. The van der Waals surface area contributed by atoms with E-state index in [1.807, 2.05) is 36.2 Å². The van der Waals surface area contributed by atoms with Crippen LogP contribution in [0.1, 0.15) is 31.7 Å². The molecular formula is C17H27N3O. The number of likely N-dealkylation sites (tertiary alicyclic amines) is 1. The van der Waals surface area contributed by atoms with Crippen molar-refractivity contribution >= 4 is 11.6 Å². The SMILES string of the molecule is CCN1CCC(N(C)C(=O)CCc2ccccc2N)CC1. The highest BCUT2D eigenvalue weighted by atomic mass is 16.2. The quantitative estimate of drug-likeness (QED) is 0.845. The number of nitrogens with two attached hydrogens (primary N) is 1. The van der Waals surface area contributed by atoms with Crippen LogP contribution >= 0.6 is 0 Å². The molecule has 1 fully saturated rings. The molecule has 4 nitrogen and oxygen atoms in total. The summed E-state index contributed by atoms with van der Waals surface area (Å²) in [6, 6.07) is 8.19. The second kappa shape index (κ2) is 7.46. The van der Waals surface area contributed by atoms with Crippen LogP contribution in [0.25, 0.3) is 0 Å². The average Bonchev–Trinajstić information content (AvgIpc) is 2.53. The fourth-order valence-electron chi connectivity index (χ4n) is 3.01. The van der Waals surface area contributed by atoms with Crippen molar-refractivity contribution in [2.75, 3.05) is 32.4 Å². The molecule has 2 N–H and O–H groups in total. The molecule has 0 saturated carbocycles. The number of hydrogen-bond acceptors (Lipinski definition) is 3. The first-order valence-electron chi connectivity index (χ1n) is 7.93. The molecule has 21 heavy (non-hydrogen) atoms. The van der Waals surface area contributed by atoms with E-state index in [9.17, 15) is 4.79 Å². The Kier molecular flexibility index (Phi) is 5.62. The van der Waals surface area contributed by atoms with Gasteiger partial charge in [0.1, 0.15) is 0 Å². The number of amides is 1. The maximum Gasteiger partial charge on any atom is 0.222 e. The lowest BCUT2D eigenvalue weighted by molar-refractivity contribution is -0.132. The molecule has 1 aromatic carbocycles. The third-order valence-corrected chi connectivity index (χ3v) is 4.61. The van der Waals surface area contributed by atoms with Crippen molar-refractivity contribution < 1.29 is 4.79 Å². The highest BCUT2D eigenvalue weighted by molar-refractivity contribution is 5.76. The molecule has 0 aromatic heterocycles. The first kappa shape index (κ1) is 15.8. The van der Waals surface area contributed by atoms with Crippen molar-refractivity contribution in [3.05, 3.63) is 29.8 Å². The van der Waals surface area contributed by atoms with Crippen LogP contribution in [0.5, 0.6) is 0 Å². The summed E-state index contributed by atoms with van der Waals surface area (Å²) in [5, 5.41) is 0. The Morgan fingerprint density at radius 2 is 2.00 bits per heavy atom. The van der Waals surface area contributed by atoms with Crippen LogP contribution in [-0.4, -0.2) is 48.4 Å². The second-order valence-corrected chi connectivity index (χ2v) is 5.87. The van der Waals surface area contributed by atoms with Gasteiger partial charge in [-0.05, 0) is 37.4 Å². The van der Waals surface area contributed by atoms with Crippen molar-refractivity contribution in [2.45, 2.75) is 38.6 Å². The topological polar surface area (TPSA) is 49.6 Å². The first-order valence-corrected chi connectivity index (χ1v) is 7.93. The summed E-state index contributed by atoms with van der Waals surface area (Å²) in [6.07, 6.45) is 3.44. The largest absolute Gasteiger partial charge is 0.399 e. The summed E-state index contributed by atoms with van der Waals surface area (Å²) in [4.78, 5) is 16.7. The molecule has 1 amide bonds. The molecule has 0 bridgehead atoms. The Balaban J connectivity index is 1.82. The molecule has 1 aliphatic rings. The Hall–Kier alpha value is -1.55. The molecular weight excluding hydrogens is 262 g/mol. The van der Waals surface area contributed by atoms with Crippen LogP contribution in [0.15, 0.2) is 24.3 Å². The number of para-hydroxylation sites is 1. The standard InChI is InChI=1S/C17H27N3O/c1-3-20-12-10-15(11-13-20)19(2)17(21)9-8-14-6-4-5-7-16(14)18/h4-7,15H,3,8-13,18H2,1-2H3. The van der Waals surface area contributed by atoms with Crippen molar-refractivity contribution in [2.24, 2.45) is 0 Å². The van der Waals surface area contributed by atoms with Gasteiger partial charge in [0, 0.05) is 38.3 Å². The molecule has 1 saturated heterocycles. The third kappa shape index (κ3) is 4.21. The summed E-state index contributed by atoms with van der Waals surface area (Å²) in [5.41, 5.74) is 7.78. The number of nitrogen functional groups attached to an aromatic ring is 1. The fraction of sp³-hybridized carbons (Fsp3) is 0.588. The van der Waals surface area contributed by atoms with E-state index in [1.54, 1.807) is 0 Å². The predicted molar refractivity (Wildman–Crippen MR) is 87.1 cm³/mol. The fourth-order valence-corrected chi connectivity index (χ4v) is 3.01. The Morgan fingerprint density at radius 3 is 2.62 bits per heavy atom.